The van der Waals surface area contributed by atoms with Crippen LogP contribution in [-0.2, 0) is 14.3 Å². The van der Waals surface area contributed by atoms with Crippen LogP contribution in [0, 0.1) is 11.3 Å². The van der Waals surface area contributed by atoms with Gasteiger partial charge in [-0.3, -0.25) is 9.59 Å². The van der Waals surface area contributed by atoms with Crippen LogP contribution < -0.4 is 5.32 Å². The molecule has 4 heteroatoms. The Bertz CT molecular complexity index is 234. The molecule has 1 N–H and O–H groups in total. The zero-order valence-electron chi connectivity index (χ0n) is 10.2. The zero-order chi connectivity index (χ0) is 12.1. The van der Waals surface area contributed by atoms with Gasteiger partial charge in [0.05, 0.1) is 7.11 Å². The molecular formula is C11H21NO3. The Labute approximate surface area is 91.4 Å². The molecule has 0 fully saturated rings. The van der Waals surface area contributed by atoms with Crippen molar-refractivity contribution in [3.63, 3.8) is 0 Å². The SMILES string of the molecule is COC(=O)CC(=O)NCC(C)(C)C(C)C. The first-order chi connectivity index (χ1) is 6.79. The fourth-order valence-electron chi connectivity index (χ4n) is 0.796. The van der Waals surface area contributed by atoms with Crippen LogP contribution in [0.5, 0.6) is 0 Å². The lowest BCUT2D eigenvalue weighted by Gasteiger charge is -2.29. The van der Waals surface area contributed by atoms with Crippen LogP contribution in [0.3, 0.4) is 0 Å². The van der Waals surface area contributed by atoms with Crippen LogP contribution in [0.2, 0.25) is 0 Å². The third-order valence-electron chi connectivity index (χ3n) is 2.84. The van der Waals surface area contributed by atoms with Gasteiger partial charge in [0.2, 0.25) is 5.91 Å². The normalized spacial score (nSPS) is 11.3. The molecule has 0 aliphatic carbocycles. The summed E-state index contributed by atoms with van der Waals surface area (Å²) in [7, 11) is 1.27. The largest absolute Gasteiger partial charge is 0.469 e. The summed E-state index contributed by atoms with van der Waals surface area (Å²) in [6.07, 6.45) is -0.204. The summed E-state index contributed by atoms with van der Waals surface area (Å²) in [5.74, 6) is -0.318. The monoisotopic (exact) mass is 215 g/mol. The molecule has 0 saturated carbocycles. The predicted molar refractivity (Wildman–Crippen MR) is 58.3 cm³/mol. The summed E-state index contributed by atoms with van der Waals surface area (Å²) < 4.78 is 4.40. The second kappa shape index (κ2) is 5.73. The van der Waals surface area contributed by atoms with E-state index in [9.17, 15) is 9.59 Å². The summed E-state index contributed by atoms with van der Waals surface area (Å²) >= 11 is 0. The molecule has 0 aliphatic rings. The number of hydrogen-bond acceptors (Lipinski definition) is 3. The van der Waals surface area contributed by atoms with Crippen molar-refractivity contribution in [3.05, 3.63) is 0 Å². The van der Waals surface area contributed by atoms with E-state index < -0.39 is 5.97 Å². The van der Waals surface area contributed by atoms with Crippen LogP contribution in [0.4, 0.5) is 0 Å². The van der Waals surface area contributed by atoms with Crippen LogP contribution in [-0.4, -0.2) is 25.5 Å². The minimum Gasteiger partial charge on any atom is -0.469 e. The van der Waals surface area contributed by atoms with Crippen molar-refractivity contribution >= 4 is 11.9 Å². The molecule has 0 saturated heterocycles. The third kappa shape index (κ3) is 5.40. The maximum atomic E-state index is 11.3. The van der Waals surface area contributed by atoms with Crippen LogP contribution >= 0.6 is 0 Å². The molecule has 0 rings (SSSR count). The van der Waals surface area contributed by atoms with E-state index in [1.165, 1.54) is 7.11 Å². The van der Waals surface area contributed by atoms with Crippen molar-refractivity contribution in [1.82, 2.24) is 5.32 Å². The maximum Gasteiger partial charge on any atom is 0.315 e. The molecule has 0 unspecified atom stereocenters. The average molecular weight is 215 g/mol. The second-order valence-corrected chi connectivity index (χ2v) is 4.67. The maximum absolute atomic E-state index is 11.3. The lowest BCUT2D eigenvalue weighted by molar-refractivity contribution is -0.143. The number of amides is 1. The van der Waals surface area contributed by atoms with Crippen molar-refractivity contribution in [2.24, 2.45) is 11.3 Å². The zero-order valence-corrected chi connectivity index (χ0v) is 10.2. The summed E-state index contributed by atoms with van der Waals surface area (Å²) in [6.45, 7) is 8.94. The Morgan fingerprint density at radius 1 is 1.33 bits per heavy atom. The Morgan fingerprint density at radius 2 is 1.87 bits per heavy atom. The van der Waals surface area contributed by atoms with E-state index in [0.717, 1.165) is 0 Å². The van der Waals surface area contributed by atoms with Crippen molar-refractivity contribution in [1.29, 1.82) is 0 Å². The summed E-state index contributed by atoms with van der Waals surface area (Å²) in [4.78, 5) is 22.1. The van der Waals surface area contributed by atoms with Gasteiger partial charge in [-0.25, -0.2) is 0 Å². The van der Waals surface area contributed by atoms with Crippen molar-refractivity contribution in [3.8, 4) is 0 Å². The van der Waals surface area contributed by atoms with Gasteiger partial charge in [-0.05, 0) is 11.3 Å². The van der Waals surface area contributed by atoms with Gasteiger partial charge in [0.1, 0.15) is 6.42 Å². The highest BCUT2D eigenvalue weighted by molar-refractivity contribution is 5.94. The lowest BCUT2D eigenvalue weighted by atomic mass is 9.81. The van der Waals surface area contributed by atoms with E-state index >= 15 is 0 Å². The Balaban J connectivity index is 3.96. The van der Waals surface area contributed by atoms with Crippen LogP contribution in [0.25, 0.3) is 0 Å². The Kier molecular flexibility index (Phi) is 5.33. The number of methoxy groups -OCH3 is 1. The summed E-state index contributed by atoms with van der Waals surface area (Å²) in [5, 5.41) is 2.73. The highest BCUT2D eigenvalue weighted by atomic mass is 16.5. The van der Waals surface area contributed by atoms with Gasteiger partial charge in [0, 0.05) is 6.54 Å². The number of esters is 1. The highest BCUT2D eigenvalue weighted by Crippen LogP contribution is 2.24. The predicted octanol–water partition coefficient (Wildman–Crippen LogP) is 1.35. The van der Waals surface area contributed by atoms with Gasteiger partial charge in [-0.1, -0.05) is 27.7 Å². The van der Waals surface area contributed by atoms with Gasteiger partial charge in [0.15, 0.2) is 0 Å². The quantitative estimate of drug-likeness (QED) is 0.556. The molecule has 15 heavy (non-hydrogen) atoms. The topological polar surface area (TPSA) is 55.4 Å². The number of carbonyl (C=O) groups excluding carboxylic acids is 2. The molecule has 0 aromatic carbocycles. The van der Waals surface area contributed by atoms with E-state index in [2.05, 4.69) is 37.7 Å². The number of ether oxygens (including phenoxy) is 1. The van der Waals surface area contributed by atoms with Crippen LogP contribution in [0.15, 0.2) is 0 Å². The molecule has 0 atom stereocenters. The lowest BCUT2D eigenvalue weighted by Crippen LogP contribution is -2.37. The van der Waals surface area contributed by atoms with Gasteiger partial charge in [-0.2, -0.15) is 0 Å². The average Bonchev–Trinajstić information content (AvgIpc) is 2.14. The molecule has 0 aromatic rings. The number of carbonyl (C=O) groups is 2. The molecule has 0 heterocycles. The van der Waals surface area contributed by atoms with E-state index in [1.54, 1.807) is 0 Å². The smallest absolute Gasteiger partial charge is 0.315 e. The molecule has 0 aliphatic heterocycles. The third-order valence-corrected chi connectivity index (χ3v) is 2.84. The molecule has 0 spiro atoms. The minimum absolute atomic E-state index is 0.0335. The van der Waals surface area contributed by atoms with E-state index in [0.29, 0.717) is 12.5 Å². The number of nitrogens with one attached hydrogen (secondary N) is 1. The minimum atomic E-state index is -0.505. The fourth-order valence-corrected chi connectivity index (χ4v) is 0.796. The first-order valence-electron chi connectivity index (χ1n) is 5.13. The van der Waals surface area contributed by atoms with E-state index in [4.69, 9.17) is 0 Å². The standard InChI is InChI=1S/C11H21NO3/c1-8(2)11(3,4)7-12-9(13)6-10(14)15-5/h8H,6-7H2,1-5H3,(H,12,13). The van der Waals surface area contributed by atoms with Gasteiger partial charge < -0.3 is 10.1 Å². The highest BCUT2D eigenvalue weighted by Gasteiger charge is 2.23. The van der Waals surface area contributed by atoms with Crippen molar-refractivity contribution in [2.45, 2.75) is 34.1 Å². The number of rotatable bonds is 5. The Morgan fingerprint density at radius 3 is 2.27 bits per heavy atom. The van der Waals surface area contributed by atoms with Gasteiger partial charge >= 0.3 is 5.97 Å². The second-order valence-electron chi connectivity index (χ2n) is 4.67. The Hall–Kier alpha value is -1.06. The van der Waals surface area contributed by atoms with E-state index in [1.807, 2.05) is 0 Å². The molecular weight excluding hydrogens is 194 g/mol. The first kappa shape index (κ1) is 13.9. The molecule has 0 bridgehead atoms. The molecule has 4 nitrogen and oxygen atoms in total. The molecule has 88 valence electrons. The molecule has 0 aromatic heterocycles. The fraction of sp³-hybridized carbons (Fsp3) is 0.818. The van der Waals surface area contributed by atoms with E-state index in [-0.39, 0.29) is 17.7 Å². The van der Waals surface area contributed by atoms with Crippen molar-refractivity contribution in [2.75, 3.05) is 13.7 Å². The first-order valence-corrected chi connectivity index (χ1v) is 5.13. The summed E-state index contributed by atoms with van der Waals surface area (Å²) in [5.41, 5.74) is 0.0335. The molecule has 0 radical (unpaired) electrons. The van der Waals surface area contributed by atoms with Crippen LogP contribution in [0.1, 0.15) is 34.1 Å². The summed E-state index contributed by atoms with van der Waals surface area (Å²) in [6, 6.07) is 0. The van der Waals surface area contributed by atoms with Gasteiger partial charge in [0.25, 0.3) is 0 Å². The van der Waals surface area contributed by atoms with Gasteiger partial charge in [-0.15, -0.1) is 0 Å². The molecule has 1 amide bonds. The van der Waals surface area contributed by atoms with Crippen molar-refractivity contribution < 1.29 is 14.3 Å². The number of hydrogen-bond donors (Lipinski definition) is 1.